The van der Waals surface area contributed by atoms with Gasteiger partial charge in [0, 0.05) is 12.4 Å². The van der Waals surface area contributed by atoms with E-state index in [1.54, 1.807) is 11.2 Å². The molecule has 6 heteroatoms. The molecule has 5 nitrogen and oxygen atoms in total. The molecular formula is C21H21N3O2S. The summed E-state index contributed by atoms with van der Waals surface area (Å²) in [4.78, 5) is 16.5. The number of hydrogen-bond donors (Lipinski definition) is 0. The van der Waals surface area contributed by atoms with Crippen molar-refractivity contribution in [3.63, 3.8) is 0 Å². The first kappa shape index (κ1) is 17.5. The number of fused-ring (bicyclic) bond motifs is 1. The quantitative estimate of drug-likeness (QED) is 0.496. The minimum atomic E-state index is -0.125. The third-order valence-corrected chi connectivity index (χ3v) is 5.99. The molecule has 0 fully saturated rings. The van der Waals surface area contributed by atoms with Gasteiger partial charge in [-0.1, -0.05) is 30.3 Å². The van der Waals surface area contributed by atoms with E-state index in [0.717, 1.165) is 21.7 Å². The summed E-state index contributed by atoms with van der Waals surface area (Å²) in [6, 6.07) is 15.8. The Morgan fingerprint density at radius 1 is 1.26 bits per heavy atom. The summed E-state index contributed by atoms with van der Waals surface area (Å²) in [5.74, 6) is 0.768. The molecule has 3 aromatic heterocycles. The first-order valence-corrected chi connectivity index (χ1v) is 9.67. The lowest BCUT2D eigenvalue weighted by molar-refractivity contribution is 0.0731. The number of furan rings is 1. The van der Waals surface area contributed by atoms with Crippen LogP contribution in [0.4, 0.5) is 0 Å². The Morgan fingerprint density at radius 2 is 2.04 bits per heavy atom. The van der Waals surface area contributed by atoms with Gasteiger partial charge in [0.05, 0.1) is 29.4 Å². The zero-order valence-corrected chi connectivity index (χ0v) is 16.4. The van der Waals surface area contributed by atoms with Crippen LogP contribution in [-0.2, 0) is 6.54 Å². The van der Waals surface area contributed by atoms with Crippen molar-refractivity contribution in [2.24, 2.45) is 0 Å². The van der Waals surface area contributed by atoms with E-state index in [4.69, 9.17) is 4.42 Å². The van der Waals surface area contributed by atoms with Crippen molar-refractivity contribution in [1.82, 2.24) is 14.7 Å². The maximum absolute atomic E-state index is 13.0. The number of aryl methyl sites for hydroxylation is 1. The highest BCUT2D eigenvalue weighted by Gasteiger charge is 2.24. The summed E-state index contributed by atoms with van der Waals surface area (Å²) < 4.78 is 7.43. The highest BCUT2D eigenvalue weighted by Crippen LogP contribution is 2.31. The van der Waals surface area contributed by atoms with E-state index in [2.05, 4.69) is 17.2 Å². The van der Waals surface area contributed by atoms with Gasteiger partial charge in [0.2, 0.25) is 0 Å². The Balaban J connectivity index is 1.63. The molecule has 0 N–H and O–H groups in total. The van der Waals surface area contributed by atoms with Crippen LogP contribution in [0, 0.1) is 6.92 Å². The zero-order valence-electron chi connectivity index (χ0n) is 15.5. The van der Waals surface area contributed by atoms with E-state index >= 15 is 0 Å². The number of rotatable bonds is 5. The van der Waals surface area contributed by atoms with Gasteiger partial charge < -0.3 is 9.32 Å². The first-order valence-electron chi connectivity index (χ1n) is 8.86. The summed E-state index contributed by atoms with van der Waals surface area (Å²) in [6.07, 6.45) is 1.63. The van der Waals surface area contributed by atoms with Gasteiger partial charge in [0.15, 0.2) is 0 Å². The molecule has 27 heavy (non-hydrogen) atoms. The lowest BCUT2D eigenvalue weighted by Gasteiger charge is -2.22. The minimum Gasteiger partial charge on any atom is -0.467 e. The molecule has 1 amide bonds. The fourth-order valence-corrected chi connectivity index (χ4v) is 4.29. The second-order valence-corrected chi connectivity index (χ2v) is 7.70. The molecule has 0 spiro atoms. The first-order chi connectivity index (χ1) is 13.0. The predicted octanol–water partition coefficient (Wildman–Crippen LogP) is 4.88. The monoisotopic (exact) mass is 379 g/mol. The number of amides is 1. The normalized spacial score (nSPS) is 12.4. The zero-order chi connectivity index (χ0) is 19.0. The summed E-state index contributed by atoms with van der Waals surface area (Å²) in [5, 5.41) is 5.69. The number of carbonyl (C=O) groups is 1. The molecule has 0 aliphatic carbocycles. The number of hydrogen-bond acceptors (Lipinski definition) is 4. The molecular weight excluding hydrogens is 358 g/mol. The lowest BCUT2D eigenvalue weighted by atomic mass is 10.2. The van der Waals surface area contributed by atoms with E-state index in [-0.39, 0.29) is 11.9 Å². The van der Waals surface area contributed by atoms with E-state index < -0.39 is 0 Å². The highest BCUT2D eigenvalue weighted by molar-refractivity contribution is 7.20. The molecule has 0 saturated heterocycles. The summed E-state index contributed by atoms with van der Waals surface area (Å²) in [6.45, 7) is 4.64. The van der Waals surface area contributed by atoms with Crippen molar-refractivity contribution in [2.45, 2.75) is 26.4 Å². The van der Waals surface area contributed by atoms with Crippen LogP contribution in [-0.4, -0.2) is 27.6 Å². The van der Waals surface area contributed by atoms with Crippen molar-refractivity contribution in [3.05, 3.63) is 76.7 Å². The molecule has 4 rings (SSSR count). The van der Waals surface area contributed by atoms with Gasteiger partial charge >= 0.3 is 0 Å². The highest BCUT2D eigenvalue weighted by atomic mass is 32.1. The molecule has 0 aliphatic heterocycles. The van der Waals surface area contributed by atoms with Gasteiger partial charge in [-0.05, 0) is 37.6 Å². The van der Waals surface area contributed by atoms with Crippen LogP contribution in [0.1, 0.15) is 39.7 Å². The number of carbonyl (C=O) groups excluding carboxylic acids is 1. The van der Waals surface area contributed by atoms with Crippen LogP contribution < -0.4 is 0 Å². The van der Waals surface area contributed by atoms with E-state index in [1.165, 1.54) is 16.9 Å². The van der Waals surface area contributed by atoms with E-state index in [0.29, 0.717) is 11.4 Å². The standard InChI is InChI=1S/C21H21N3O2S/c1-14-17-12-19(20(25)23(3)15(2)18-10-7-11-26-18)27-21(17)24(22-14)13-16-8-5-4-6-9-16/h4-12,15H,13H2,1-3H3. The Kier molecular flexibility index (Phi) is 4.58. The Bertz CT molecular complexity index is 1060. The SMILES string of the molecule is Cc1nn(Cc2ccccc2)c2sc(C(=O)N(C)C(C)c3ccco3)cc12. The summed E-state index contributed by atoms with van der Waals surface area (Å²) >= 11 is 1.49. The molecule has 0 bridgehead atoms. The summed E-state index contributed by atoms with van der Waals surface area (Å²) in [5.41, 5.74) is 2.13. The predicted molar refractivity (Wildman–Crippen MR) is 107 cm³/mol. The Morgan fingerprint density at radius 3 is 2.74 bits per heavy atom. The molecule has 4 aromatic rings. The second kappa shape index (κ2) is 7.04. The van der Waals surface area contributed by atoms with Crippen molar-refractivity contribution in [2.75, 3.05) is 7.05 Å². The number of benzene rings is 1. The van der Waals surface area contributed by atoms with Crippen LogP contribution in [0.15, 0.2) is 59.2 Å². The molecule has 3 heterocycles. The third-order valence-electron chi connectivity index (χ3n) is 4.85. The molecule has 1 atom stereocenters. The van der Waals surface area contributed by atoms with Gasteiger partial charge in [-0.15, -0.1) is 11.3 Å². The summed E-state index contributed by atoms with van der Waals surface area (Å²) in [7, 11) is 1.81. The number of thiophene rings is 1. The minimum absolute atomic E-state index is 0.00855. The van der Waals surface area contributed by atoms with Gasteiger partial charge in [-0.25, -0.2) is 0 Å². The van der Waals surface area contributed by atoms with E-state index in [9.17, 15) is 4.79 Å². The third kappa shape index (κ3) is 3.28. The van der Waals surface area contributed by atoms with Crippen molar-refractivity contribution < 1.29 is 9.21 Å². The van der Waals surface area contributed by atoms with Crippen LogP contribution in [0.5, 0.6) is 0 Å². The maximum Gasteiger partial charge on any atom is 0.264 e. The number of aromatic nitrogens is 2. The Labute approximate surface area is 161 Å². The average Bonchev–Trinajstić information content (AvgIpc) is 3.40. The molecule has 0 aliphatic rings. The van der Waals surface area contributed by atoms with Gasteiger partial charge in [0.25, 0.3) is 5.91 Å². The maximum atomic E-state index is 13.0. The topological polar surface area (TPSA) is 51.3 Å². The number of nitrogens with zero attached hydrogens (tertiary/aromatic N) is 3. The fourth-order valence-electron chi connectivity index (χ4n) is 3.15. The molecule has 0 saturated carbocycles. The largest absolute Gasteiger partial charge is 0.467 e. The van der Waals surface area contributed by atoms with Crippen molar-refractivity contribution in [3.8, 4) is 0 Å². The average molecular weight is 379 g/mol. The Hall–Kier alpha value is -2.86. The molecule has 0 radical (unpaired) electrons. The van der Waals surface area contributed by atoms with Crippen molar-refractivity contribution in [1.29, 1.82) is 0 Å². The second-order valence-electron chi connectivity index (χ2n) is 6.67. The van der Waals surface area contributed by atoms with Crippen LogP contribution in [0.2, 0.25) is 0 Å². The van der Waals surface area contributed by atoms with Gasteiger partial charge in [-0.3, -0.25) is 9.48 Å². The van der Waals surface area contributed by atoms with Gasteiger partial charge in [0.1, 0.15) is 10.6 Å². The molecule has 138 valence electrons. The molecule has 1 aromatic carbocycles. The lowest BCUT2D eigenvalue weighted by Crippen LogP contribution is -2.28. The molecule has 1 unspecified atom stereocenters. The fraction of sp³-hybridized carbons (Fsp3) is 0.238. The van der Waals surface area contributed by atoms with Crippen LogP contribution >= 0.6 is 11.3 Å². The van der Waals surface area contributed by atoms with Crippen molar-refractivity contribution >= 4 is 27.5 Å². The smallest absolute Gasteiger partial charge is 0.264 e. The van der Waals surface area contributed by atoms with Gasteiger partial charge in [-0.2, -0.15) is 5.10 Å². The van der Waals surface area contributed by atoms with Crippen LogP contribution in [0.25, 0.3) is 10.2 Å². The van der Waals surface area contributed by atoms with E-state index in [1.807, 2.05) is 62.0 Å². The van der Waals surface area contributed by atoms with Crippen LogP contribution in [0.3, 0.4) is 0 Å².